The molecule has 1 heterocycles. The van der Waals surface area contributed by atoms with Crippen molar-refractivity contribution in [2.75, 3.05) is 17.7 Å². The lowest BCUT2D eigenvalue weighted by Crippen LogP contribution is -2.14. The number of anilines is 1. The van der Waals surface area contributed by atoms with Crippen molar-refractivity contribution in [3.63, 3.8) is 0 Å². The zero-order valence-electron chi connectivity index (χ0n) is 17.2. The van der Waals surface area contributed by atoms with Crippen molar-refractivity contribution in [1.82, 2.24) is 15.2 Å². The summed E-state index contributed by atoms with van der Waals surface area (Å²) in [6, 6.07) is 18.8. The molecule has 7 nitrogen and oxygen atoms in total. The Balaban J connectivity index is 1.26. The van der Waals surface area contributed by atoms with Gasteiger partial charge in [0, 0.05) is 22.2 Å². The van der Waals surface area contributed by atoms with Gasteiger partial charge in [-0.25, -0.2) is 9.78 Å². The van der Waals surface area contributed by atoms with Crippen LogP contribution in [0.4, 0.5) is 5.69 Å². The summed E-state index contributed by atoms with van der Waals surface area (Å²) in [6.07, 6.45) is 0. The number of aromatic nitrogens is 3. The molecule has 0 saturated carbocycles. The van der Waals surface area contributed by atoms with Gasteiger partial charge in [-0.05, 0) is 36.6 Å². The lowest BCUT2D eigenvalue weighted by Gasteiger charge is -2.06. The molecule has 1 aromatic heterocycles. The minimum absolute atomic E-state index is 0.136. The van der Waals surface area contributed by atoms with Crippen LogP contribution in [0.5, 0.6) is 0 Å². The molecule has 158 valence electrons. The second kappa shape index (κ2) is 8.39. The van der Waals surface area contributed by atoms with Gasteiger partial charge in [-0.15, -0.1) is 10.2 Å². The van der Waals surface area contributed by atoms with Gasteiger partial charge in [0.25, 0.3) is 0 Å². The smallest absolute Gasteiger partial charge is 0.338 e. The predicted molar refractivity (Wildman–Crippen MR) is 124 cm³/mol. The van der Waals surface area contributed by atoms with Crippen molar-refractivity contribution in [3.05, 3.63) is 66.2 Å². The molecule has 0 spiro atoms. The third-order valence-corrected chi connectivity index (χ3v) is 5.93. The molecule has 1 aliphatic carbocycles. The maximum Gasteiger partial charge on any atom is 0.338 e. The molecule has 1 N–H and O–H groups in total. The molecule has 0 bridgehead atoms. The molecule has 4 aromatic rings. The van der Waals surface area contributed by atoms with E-state index in [1.165, 1.54) is 11.8 Å². The van der Waals surface area contributed by atoms with E-state index in [0.717, 1.165) is 33.3 Å². The highest BCUT2D eigenvalue weighted by molar-refractivity contribution is 7.99. The lowest BCUT2D eigenvalue weighted by atomic mass is 10.0. The average molecular weight is 443 g/mol. The Morgan fingerprint density at radius 2 is 1.66 bits per heavy atom. The van der Waals surface area contributed by atoms with E-state index in [4.69, 9.17) is 4.74 Å². The van der Waals surface area contributed by atoms with Crippen LogP contribution in [0.1, 0.15) is 17.3 Å². The summed E-state index contributed by atoms with van der Waals surface area (Å²) < 4.78 is 4.96. The fraction of sp³-hybridized carbons (Fsp3) is 0.125. The van der Waals surface area contributed by atoms with E-state index in [1.54, 1.807) is 31.2 Å². The van der Waals surface area contributed by atoms with Crippen LogP contribution < -0.4 is 5.32 Å². The number of nitrogens with one attached hydrogen (secondary N) is 1. The highest BCUT2D eigenvalue weighted by Crippen LogP contribution is 2.44. The Bertz CT molecular complexity index is 1350. The molecular weight excluding hydrogens is 424 g/mol. The van der Waals surface area contributed by atoms with E-state index in [0.29, 0.717) is 23.0 Å². The van der Waals surface area contributed by atoms with Gasteiger partial charge >= 0.3 is 5.97 Å². The quantitative estimate of drug-likeness (QED) is 0.304. The fourth-order valence-corrected chi connectivity index (χ4v) is 4.30. The standard InChI is InChI=1S/C24H18N4O3S/c1-2-31-23(30)15-9-11-16(12-10-15)25-19(29)13-32-24-26-21-17-7-3-5-14-6-4-8-18(20(14)17)22(21)27-28-24/h3-12H,2,13H2,1H3,(H,25,29). The number of ether oxygens (including phenoxy) is 1. The Morgan fingerprint density at radius 1 is 0.938 bits per heavy atom. The molecule has 3 aromatic carbocycles. The second-order valence-electron chi connectivity index (χ2n) is 7.14. The van der Waals surface area contributed by atoms with Gasteiger partial charge in [0.1, 0.15) is 11.4 Å². The average Bonchev–Trinajstić information content (AvgIpc) is 3.14. The molecule has 32 heavy (non-hydrogen) atoms. The summed E-state index contributed by atoms with van der Waals surface area (Å²) in [7, 11) is 0. The predicted octanol–water partition coefficient (Wildman–Crippen LogP) is 4.58. The number of thioether (sulfide) groups is 1. The summed E-state index contributed by atoms with van der Waals surface area (Å²) in [5.74, 6) is -0.453. The Kier molecular flexibility index (Phi) is 5.28. The molecule has 0 fully saturated rings. The van der Waals surface area contributed by atoms with Crippen molar-refractivity contribution >= 4 is 40.1 Å². The van der Waals surface area contributed by atoms with Gasteiger partial charge in [0.15, 0.2) is 0 Å². The van der Waals surface area contributed by atoms with E-state index in [1.807, 2.05) is 24.3 Å². The number of benzene rings is 3. The van der Waals surface area contributed by atoms with E-state index in [-0.39, 0.29) is 17.6 Å². The highest BCUT2D eigenvalue weighted by Gasteiger charge is 2.25. The van der Waals surface area contributed by atoms with Crippen molar-refractivity contribution < 1.29 is 14.3 Å². The summed E-state index contributed by atoms with van der Waals surface area (Å²) in [6.45, 7) is 2.07. The van der Waals surface area contributed by atoms with Crippen molar-refractivity contribution in [3.8, 4) is 22.5 Å². The van der Waals surface area contributed by atoms with Gasteiger partial charge in [-0.2, -0.15) is 0 Å². The van der Waals surface area contributed by atoms with E-state index >= 15 is 0 Å². The topological polar surface area (TPSA) is 94.1 Å². The first kappa shape index (κ1) is 20.1. The summed E-state index contributed by atoms with van der Waals surface area (Å²) in [5.41, 5.74) is 4.67. The Morgan fingerprint density at radius 3 is 2.38 bits per heavy atom. The minimum atomic E-state index is -0.389. The van der Waals surface area contributed by atoms with Crippen LogP contribution in [-0.2, 0) is 9.53 Å². The fourth-order valence-electron chi connectivity index (χ4n) is 3.71. The normalized spacial score (nSPS) is 11.3. The molecule has 0 atom stereocenters. The number of fused-ring (bicyclic) bond motifs is 3. The zero-order chi connectivity index (χ0) is 22.1. The van der Waals surface area contributed by atoms with Crippen LogP contribution in [0, 0.1) is 0 Å². The molecule has 0 saturated heterocycles. The second-order valence-corrected chi connectivity index (χ2v) is 8.08. The van der Waals surface area contributed by atoms with Crippen molar-refractivity contribution in [2.45, 2.75) is 12.1 Å². The van der Waals surface area contributed by atoms with Crippen LogP contribution in [0.25, 0.3) is 33.3 Å². The molecule has 1 aliphatic rings. The summed E-state index contributed by atoms with van der Waals surface area (Å²) in [5, 5.41) is 14.1. The van der Waals surface area contributed by atoms with E-state index in [9.17, 15) is 9.59 Å². The molecular formula is C24H18N4O3S. The maximum atomic E-state index is 12.4. The molecule has 0 aliphatic heterocycles. The molecule has 5 rings (SSSR count). The number of esters is 1. The van der Waals surface area contributed by atoms with E-state index < -0.39 is 0 Å². The highest BCUT2D eigenvalue weighted by atomic mass is 32.2. The van der Waals surface area contributed by atoms with Crippen LogP contribution >= 0.6 is 11.8 Å². The first-order valence-corrected chi connectivity index (χ1v) is 11.1. The molecule has 1 amide bonds. The number of carbonyl (C=O) groups is 2. The summed E-state index contributed by atoms with van der Waals surface area (Å²) >= 11 is 1.23. The lowest BCUT2D eigenvalue weighted by molar-refractivity contribution is -0.113. The van der Waals surface area contributed by atoms with Gasteiger partial charge in [0.2, 0.25) is 11.1 Å². The number of nitrogens with zero attached hydrogens (tertiary/aromatic N) is 3. The third-order valence-electron chi connectivity index (χ3n) is 5.09. The largest absolute Gasteiger partial charge is 0.462 e. The van der Waals surface area contributed by atoms with Crippen molar-refractivity contribution in [2.24, 2.45) is 0 Å². The van der Waals surface area contributed by atoms with Gasteiger partial charge in [0.05, 0.1) is 17.9 Å². The van der Waals surface area contributed by atoms with Crippen LogP contribution in [0.15, 0.2) is 65.8 Å². The van der Waals surface area contributed by atoms with Crippen LogP contribution in [-0.4, -0.2) is 39.4 Å². The van der Waals surface area contributed by atoms with Gasteiger partial charge in [-0.3, -0.25) is 4.79 Å². The van der Waals surface area contributed by atoms with E-state index in [2.05, 4.69) is 32.6 Å². The van der Waals surface area contributed by atoms with Crippen molar-refractivity contribution in [1.29, 1.82) is 0 Å². The first-order chi connectivity index (χ1) is 15.6. The number of hydrogen-bond donors (Lipinski definition) is 1. The number of rotatable bonds is 6. The Hall–Kier alpha value is -3.78. The maximum absolute atomic E-state index is 12.4. The van der Waals surface area contributed by atoms with Gasteiger partial charge < -0.3 is 10.1 Å². The zero-order valence-corrected chi connectivity index (χ0v) is 18.0. The number of carbonyl (C=O) groups excluding carboxylic acids is 2. The summed E-state index contributed by atoms with van der Waals surface area (Å²) in [4.78, 5) is 28.8. The monoisotopic (exact) mass is 442 g/mol. The van der Waals surface area contributed by atoms with Crippen LogP contribution in [0.2, 0.25) is 0 Å². The van der Waals surface area contributed by atoms with Gasteiger partial charge in [-0.1, -0.05) is 48.2 Å². The minimum Gasteiger partial charge on any atom is -0.462 e. The molecule has 0 unspecified atom stereocenters. The third kappa shape index (κ3) is 3.69. The van der Waals surface area contributed by atoms with Crippen LogP contribution in [0.3, 0.4) is 0 Å². The number of hydrogen-bond acceptors (Lipinski definition) is 7. The molecule has 8 heteroatoms. The SMILES string of the molecule is CCOC(=O)c1ccc(NC(=O)CSc2nnc3c(n2)-c2cccc4cccc-3c24)cc1. The Labute approximate surface area is 188 Å². The molecule has 0 radical (unpaired) electrons. The number of amides is 1. The first-order valence-electron chi connectivity index (χ1n) is 10.1.